The maximum Gasteiger partial charge on any atom is 0.412 e. The van der Waals surface area contributed by atoms with E-state index >= 15 is 0 Å². The molecule has 1 aromatic rings. The van der Waals surface area contributed by atoms with Crippen LogP contribution in [0.3, 0.4) is 0 Å². The first-order valence-corrected chi connectivity index (χ1v) is 8.10. The van der Waals surface area contributed by atoms with E-state index in [0.29, 0.717) is 12.8 Å². The average molecular weight is 316 g/mol. The topological polar surface area (TPSA) is 81.4 Å². The van der Waals surface area contributed by atoms with E-state index in [4.69, 9.17) is 10.5 Å². The number of rotatable bonds is 6. The molecule has 1 heterocycles. The Bertz CT molecular complexity index is 646. The van der Waals surface area contributed by atoms with Gasteiger partial charge in [-0.3, -0.25) is 10.1 Å². The first-order chi connectivity index (χ1) is 11.0. The Morgan fingerprint density at radius 3 is 2.57 bits per heavy atom. The number of nitrogens with two attached hydrogens (primary N) is 1. The molecule has 23 heavy (non-hydrogen) atoms. The monoisotopic (exact) mass is 316 g/mol. The average Bonchev–Trinajstić information content (AvgIpc) is 2.52. The number of cyclic esters (lactones) is 1. The van der Waals surface area contributed by atoms with Crippen molar-refractivity contribution in [1.29, 1.82) is 0 Å². The van der Waals surface area contributed by atoms with Crippen molar-refractivity contribution in [3.8, 4) is 0 Å². The summed E-state index contributed by atoms with van der Waals surface area (Å²) in [6.07, 6.45) is 4.12. The third kappa shape index (κ3) is 3.38. The number of amides is 2. The molecule has 2 amide bonds. The zero-order chi connectivity index (χ0) is 17.0. The summed E-state index contributed by atoms with van der Waals surface area (Å²) in [5, 5.41) is 2.75. The third-order valence-electron chi connectivity index (χ3n) is 4.38. The molecular weight excluding hydrogens is 292 g/mol. The molecule has 2 rings (SSSR count). The molecule has 0 radical (unpaired) electrons. The van der Waals surface area contributed by atoms with Gasteiger partial charge in [-0.1, -0.05) is 33.3 Å². The molecule has 0 saturated carbocycles. The minimum absolute atomic E-state index is 0.421. The highest BCUT2D eigenvalue weighted by atomic mass is 16.6. The van der Waals surface area contributed by atoms with Crippen molar-refractivity contribution in [1.82, 2.24) is 0 Å². The number of carbonyl (C=O) groups excluding carboxylic acids is 2. The van der Waals surface area contributed by atoms with Crippen LogP contribution in [0.15, 0.2) is 24.3 Å². The van der Waals surface area contributed by atoms with Crippen LogP contribution >= 0.6 is 0 Å². The van der Waals surface area contributed by atoms with Gasteiger partial charge >= 0.3 is 6.09 Å². The van der Waals surface area contributed by atoms with Crippen molar-refractivity contribution in [2.45, 2.75) is 52.1 Å². The Hall–Kier alpha value is -2.30. The third-order valence-corrected chi connectivity index (χ3v) is 4.38. The van der Waals surface area contributed by atoms with E-state index in [0.717, 1.165) is 35.2 Å². The maximum absolute atomic E-state index is 11.8. The van der Waals surface area contributed by atoms with Gasteiger partial charge < -0.3 is 10.5 Å². The predicted molar refractivity (Wildman–Crippen MR) is 90.9 cm³/mol. The van der Waals surface area contributed by atoms with Crippen molar-refractivity contribution in [3.63, 3.8) is 0 Å². The van der Waals surface area contributed by atoms with E-state index in [1.807, 2.05) is 32.0 Å². The quantitative estimate of drug-likeness (QED) is 0.780. The van der Waals surface area contributed by atoms with Crippen molar-refractivity contribution in [2.24, 2.45) is 5.73 Å². The summed E-state index contributed by atoms with van der Waals surface area (Å²) in [7, 11) is 0. The highest BCUT2D eigenvalue weighted by Crippen LogP contribution is 2.42. The van der Waals surface area contributed by atoms with Crippen LogP contribution in [-0.2, 0) is 15.1 Å². The molecule has 0 spiro atoms. The van der Waals surface area contributed by atoms with Crippen LogP contribution in [0.25, 0.3) is 5.57 Å². The van der Waals surface area contributed by atoms with Gasteiger partial charge in [-0.15, -0.1) is 0 Å². The number of hydrogen-bond acceptors (Lipinski definition) is 3. The van der Waals surface area contributed by atoms with E-state index in [9.17, 15) is 9.59 Å². The lowest BCUT2D eigenvalue weighted by Gasteiger charge is -2.37. The van der Waals surface area contributed by atoms with E-state index in [-0.39, 0.29) is 0 Å². The summed E-state index contributed by atoms with van der Waals surface area (Å²) in [6.45, 7) is 6.06. The van der Waals surface area contributed by atoms with Gasteiger partial charge in [0, 0.05) is 11.6 Å². The fourth-order valence-corrected chi connectivity index (χ4v) is 3.11. The summed E-state index contributed by atoms with van der Waals surface area (Å²) < 4.78 is 5.61. The molecule has 0 aliphatic carbocycles. The van der Waals surface area contributed by atoms with Gasteiger partial charge in [-0.25, -0.2) is 4.79 Å². The SMILES string of the molecule is CCCC(=CC(N)=O)c1ccc2c(c1)C(CC)(CC)OC(=O)N2. The van der Waals surface area contributed by atoms with Gasteiger partial charge in [0.1, 0.15) is 5.60 Å². The number of hydrogen-bond donors (Lipinski definition) is 2. The van der Waals surface area contributed by atoms with E-state index in [1.165, 1.54) is 6.08 Å². The minimum atomic E-state index is -0.627. The number of allylic oxidation sites excluding steroid dienone is 1. The molecule has 1 aliphatic rings. The van der Waals surface area contributed by atoms with Crippen LogP contribution in [0.5, 0.6) is 0 Å². The Morgan fingerprint density at radius 2 is 2.00 bits per heavy atom. The second-order valence-electron chi connectivity index (χ2n) is 5.80. The zero-order valence-corrected chi connectivity index (χ0v) is 13.9. The molecule has 0 aromatic heterocycles. The summed E-state index contributed by atoms with van der Waals surface area (Å²) >= 11 is 0. The van der Waals surface area contributed by atoms with Crippen LogP contribution in [-0.4, -0.2) is 12.0 Å². The predicted octanol–water partition coefficient (Wildman–Crippen LogP) is 3.93. The van der Waals surface area contributed by atoms with Gasteiger partial charge in [0.05, 0.1) is 5.69 Å². The second kappa shape index (κ2) is 6.86. The van der Waals surface area contributed by atoms with Crippen LogP contribution in [0.1, 0.15) is 57.6 Å². The molecule has 124 valence electrons. The summed E-state index contributed by atoms with van der Waals surface area (Å²) in [5.41, 5.74) is 8.26. The number of fused-ring (bicyclic) bond motifs is 1. The molecule has 5 heteroatoms. The van der Waals surface area contributed by atoms with E-state index in [2.05, 4.69) is 12.2 Å². The number of carbonyl (C=O) groups is 2. The van der Waals surface area contributed by atoms with Crippen molar-refractivity contribution < 1.29 is 14.3 Å². The first kappa shape index (κ1) is 17.1. The standard InChI is InChI=1S/C18H24N2O3/c1-4-7-12(11-16(19)21)13-8-9-15-14(10-13)18(5-2,6-3)23-17(22)20-15/h8-11H,4-7H2,1-3H3,(H2,19,21)(H,20,22). The Balaban J connectivity index is 2.56. The van der Waals surface area contributed by atoms with Gasteiger partial charge in [-0.05, 0) is 42.5 Å². The largest absolute Gasteiger partial charge is 0.438 e. The van der Waals surface area contributed by atoms with Crippen LogP contribution in [0, 0.1) is 0 Å². The van der Waals surface area contributed by atoms with Gasteiger partial charge in [0.25, 0.3) is 0 Å². The Morgan fingerprint density at radius 1 is 1.30 bits per heavy atom. The second-order valence-corrected chi connectivity index (χ2v) is 5.80. The Kier molecular flexibility index (Phi) is 5.08. The highest BCUT2D eigenvalue weighted by Gasteiger charge is 2.39. The normalized spacial score (nSPS) is 16.3. The fourth-order valence-electron chi connectivity index (χ4n) is 3.11. The summed E-state index contributed by atoms with van der Waals surface area (Å²) in [5.74, 6) is -0.451. The molecule has 0 atom stereocenters. The number of ether oxygens (including phenoxy) is 1. The minimum Gasteiger partial charge on any atom is -0.438 e. The number of nitrogens with one attached hydrogen (secondary N) is 1. The zero-order valence-electron chi connectivity index (χ0n) is 13.9. The molecule has 0 fully saturated rings. The number of anilines is 1. The number of primary amides is 1. The molecule has 0 unspecified atom stereocenters. The number of benzene rings is 1. The molecule has 1 aromatic carbocycles. The van der Waals surface area contributed by atoms with Crippen LogP contribution < -0.4 is 11.1 Å². The van der Waals surface area contributed by atoms with Crippen LogP contribution in [0.2, 0.25) is 0 Å². The maximum atomic E-state index is 11.8. The van der Waals surface area contributed by atoms with E-state index in [1.54, 1.807) is 0 Å². The van der Waals surface area contributed by atoms with Gasteiger partial charge in [0.2, 0.25) is 5.91 Å². The molecule has 3 N–H and O–H groups in total. The highest BCUT2D eigenvalue weighted by molar-refractivity contribution is 5.95. The lowest BCUT2D eigenvalue weighted by Crippen LogP contribution is -2.38. The lowest BCUT2D eigenvalue weighted by molar-refractivity contribution is -0.113. The smallest absolute Gasteiger partial charge is 0.412 e. The van der Waals surface area contributed by atoms with Crippen molar-refractivity contribution >= 4 is 23.3 Å². The summed E-state index contributed by atoms with van der Waals surface area (Å²) in [4.78, 5) is 23.1. The fraction of sp³-hybridized carbons (Fsp3) is 0.444. The first-order valence-electron chi connectivity index (χ1n) is 8.10. The van der Waals surface area contributed by atoms with E-state index < -0.39 is 17.6 Å². The van der Waals surface area contributed by atoms with Gasteiger partial charge in [-0.2, -0.15) is 0 Å². The molecule has 0 bridgehead atoms. The molecule has 0 saturated heterocycles. The van der Waals surface area contributed by atoms with Crippen molar-refractivity contribution in [3.05, 3.63) is 35.4 Å². The van der Waals surface area contributed by atoms with Gasteiger partial charge in [0.15, 0.2) is 0 Å². The molecular formula is C18H24N2O3. The summed E-state index contributed by atoms with van der Waals surface area (Å²) in [6, 6.07) is 5.78. The molecule has 5 nitrogen and oxygen atoms in total. The molecule has 1 aliphatic heterocycles. The van der Waals surface area contributed by atoms with Crippen molar-refractivity contribution in [2.75, 3.05) is 5.32 Å². The Labute approximate surface area is 136 Å². The lowest BCUT2D eigenvalue weighted by atomic mass is 9.84. The van der Waals surface area contributed by atoms with Crippen LogP contribution in [0.4, 0.5) is 10.5 Å².